The number of carbonyl (C=O) groups is 1. The zero-order chi connectivity index (χ0) is 12.1. The molecule has 0 fully saturated rings. The van der Waals surface area contributed by atoms with E-state index in [1.54, 1.807) is 0 Å². The van der Waals surface area contributed by atoms with Gasteiger partial charge in [0.05, 0.1) is 6.61 Å². The minimum absolute atomic E-state index is 0.118. The monoisotopic (exact) mass is 233 g/mol. The summed E-state index contributed by atoms with van der Waals surface area (Å²) in [5.41, 5.74) is 2.54. The molecular weight excluding hydrogens is 214 g/mol. The molecule has 0 amide bonds. The minimum Gasteiger partial charge on any atom is -0.465 e. The number of rotatable bonds is 4. The van der Waals surface area contributed by atoms with Gasteiger partial charge >= 0.3 is 5.97 Å². The molecule has 0 bridgehead atoms. The Balaban J connectivity index is 1.91. The second-order valence-electron chi connectivity index (χ2n) is 4.43. The highest BCUT2D eigenvalue weighted by Crippen LogP contribution is 2.16. The van der Waals surface area contributed by atoms with Crippen LogP contribution in [0.3, 0.4) is 0 Å². The summed E-state index contributed by atoms with van der Waals surface area (Å²) >= 11 is 0. The zero-order valence-electron chi connectivity index (χ0n) is 10.2. The predicted octanol–water partition coefficient (Wildman–Crippen LogP) is 2.04. The Bertz CT molecular complexity index is 390. The van der Waals surface area contributed by atoms with E-state index in [0.717, 1.165) is 25.8 Å². The van der Waals surface area contributed by atoms with Crippen molar-refractivity contribution in [2.45, 2.75) is 38.8 Å². The highest BCUT2D eigenvalue weighted by molar-refractivity contribution is 5.76. The SMILES string of the molecule is CCCCOC(=O)[C@H]1Cc2ccccc2CN1. The molecule has 0 unspecified atom stereocenters. The lowest BCUT2D eigenvalue weighted by molar-refractivity contribution is -0.146. The Morgan fingerprint density at radius 2 is 2.18 bits per heavy atom. The Labute approximate surface area is 102 Å². The molecule has 17 heavy (non-hydrogen) atoms. The van der Waals surface area contributed by atoms with E-state index in [0.29, 0.717) is 6.61 Å². The number of nitrogens with one attached hydrogen (secondary N) is 1. The van der Waals surface area contributed by atoms with Crippen molar-refractivity contribution in [3.63, 3.8) is 0 Å². The van der Waals surface area contributed by atoms with Crippen LogP contribution in [0.5, 0.6) is 0 Å². The van der Waals surface area contributed by atoms with Crippen LogP contribution in [0, 0.1) is 0 Å². The van der Waals surface area contributed by atoms with E-state index in [-0.39, 0.29) is 12.0 Å². The quantitative estimate of drug-likeness (QED) is 0.639. The van der Waals surface area contributed by atoms with Crippen LogP contribution in [0.15, 0.2) is 24.3 Å². The standard InChI is InChI=1S/C14H19NO2/c1-2-3-8-17-14(16)13-9-11-6-4-5-7-12(11)10-15-13/h4-7,13,15H,2-3,8-10H2,1H3/t13-/m1/s1. The summed E-state index contributed by atoms with van der Waals surface area (Å²) in [5, 5.41) is 3.23. The largest absolute Gasteiger partial charge is 0.465 e. The first kappa shape index (κ1) is 12.1. The molecule has 0 aromatic heterocycles. The van der Waals surface area contributed by atoms with Crippen LogP contribution in [0.2, 0.25) is 0 Å². The summed E-state index contributed by atoms with van der Waals surface area (Å²) in [5.74, 6) is -0.118. The van der Waals surface area contributed by atoms with Crippen molar-refractivity contribution < 1.29 is 9.53 Å². The van der Waals surface area contributed by atoms with E-state index in [1.165, 1.54) is 11.1 Å². The molecule has 0 saturated carbocycles. The molecule has 0 saturated heterocycles. The van der Waals surface area contributed by atoms with Gasteiger partial charge in [0.15, 0.2) is 0 Å². The van der Waals surface area contributed by atoms with Crippen LogP contribution >= 0.6 is 0 Å². The van der Waals surface area contributed by atoms with Gasteiger partial charge in [0.2, 0.25) is 0 Å². The average molecular weight is 233 g/mol. The number of unbranched alkanes of at least 4 members (excludes halogenated alkanes) is 1. The van der Waals surface area contributed by atoms with Gasteiger partial charge in [0, 0.05) is 6.54 Å². The van der Waals surface area contributed by atoms with Crippen LogP contribution < -0.4 is 5.32 Å². The lowest BCUT2D eigenvalue weighted by Gasteiger charge is -2.24. The fourth-order valence-electron chi connectivity index (χ4n) is 2.04. The third-order valence-corrected chi connectivity index (χ3v) is 3.11. The summed E-state index contributed by atoms with van der Waals surface area (Å²) in [6.45, 7) is 3.38. The molecular formula is C14H19NO2. The van der Waals surface area contributed by atoms with Gasteiger partial charge in [-0.25, -0.2) is 0 Å². The molecule has 1 aromatic rings. The molecule has 0 radical (unpaired) electrons. The Morgan fingerprint density at radius 3 is 2.94 bits per heavy atom. The van der Waals surface area contributed by atoms with Crippen molar-refractivity contribution in [1.82, 2.24) is 5.32 Å². The first-order chi connectivity index (χ1) is 8.31. The van der Waals surface area contributed by atoms with E-state index in [1.807, 2.05) is 12.1 Å². The van der Waals surface area contributed by atoms with Crippen LogP contribution in [-0.2, 0) is 22.5 Å². The molecule has 3 nitrogen and oxygen atoms in total. The maximum absolute atomic E-state index is 11.8. The summed E-state index contributed by atoms with van der Waals surface area (Å²) in [6, 6.07) is 8.05. The van der Waals surface area contributed by atoms with Crippen molar-refractivity contribution in [3.8, 4) is 0 Å². The van der Waals surface area contributed by atoms with E-state index in [2.05, 4.69) is 24.4 Å². The molecule has 2 rings (SSSR count). The third kappa shape index (κ3) is 3.07. The number of hydrogen-bond acceptors (Lipinski definition) is 3. The zero-order valence-corrected chi connectivity index (χ0v) is 10.2. The van der Waals surface area contributed by atoms with E-state index in [9.17, 15) is 4.79 Å². The van der Waals surface area contributed by atoms with Crippen molar-refractivity contribution in [2.24, 2.45) is 0 Å². The molecule has 3 heteroatoms. The normalized spacial score (nSPS) is 18.5. The van der Waals surface area contributed by atoms with Crippen molar-refractivity contribution >= 4 is 5.97 Å². The maximum Gasteiger partial charge on any atom is 0.323 e. The molecule has 1 heterocycles. The highest BCUT2D eigenvalue weighted by atomic mass is 16.5. The van der Waals surface area contributed by atoms with Crippen LogP contribution in [0.4, 0.5) is 0 Å². The summed E-state index contributed by atoms with van der Waals surface area (Å²) in [6.07, 6.45) is 2.73. The first-order valence-corrected chi connectivity index (χ1v) is 6.28. The number of hydrogen-bond donors (Lipinski definition) is 1. The van der Waals surface area contributed by atoms with Crippen LogP contribution in [-0.4, -0.2) is 18.6 Å². The molecule has 0 spiro atoms. The third-order valence-electron chi connectivity index (χ3n) is 3.11. The Kier molecular flexibility index (Phi) is 4.15. The van der Waals surface area contributed by atoms with Gasteiger partial charge in [0.1, 0.15) is 6.04 Å². The van der Waals surface area contributed by atoms with Crippen molar-refractivity contribution in [1.29, 1.82) is 0 Å². The van der Waals surface area contributed by atoms with Crippen LogP contribution in [0.25, 0.3) is 0 Å². The summed E-state index contributed by atoms with van der Waals surface area (Å²) in [7, 11) is 0. The molecule has 1 aliphatic heterocycles. The average Bonchev–Trinajstić information content (AvgIpc) is 2.38. The molecule has 1 aromatic carbocycles. The van der Waals surface area contributed by atoms with E-state index >= 15 is 0 Å². The van der Waals surface area contributed by atoms with Gasteiger partial charge in [-0.05, 0) is 24.0 Å². The van der Waals surface area contributed by atoms with Crippen molar-refractivity contribution in [2.75, 3.05) is 6.61 Å². The van der Waals surface area contributed by atoms with E-state index in [4.69, 9.17) is 4.74 Å². The van der Waals surface area contributed by atoms with Gasteiger partial charge in [0.25, 0.3) is 0 Å². The Morgan fingerprint density at radius 1 is 1.41 bits per heavy atom. The lowest BCUT2D eigenvalue weighted by Crippen LogP contribution is -2.42. The first-order valence-electron chi connectivity index (χ1n) is 6.28. The highest BCUT2D eigenvalue weighted by Gasteiger charge is 2.24. The minimum atomic E-state index is -0.179. The second-order valence-corrected chi connectivity index (χ2v) is 4.43. The molecule has 0 aliphatic carbocycles. The topological polar surface area (TPSA) is 38.3 Å². The number of ether oxygens (including phenoxy) is 1. The van der Waals surface area contributed by atoms with Crippen molar-refractivity contribution in [3.05, 3.63) is 35.4 Å². The molecule has 1 N–H and O–H groups in total. The number of benzene rings is 1. The second kappa shape index (κ2) is 5.82. The lowest BCUT2D eigenvalue weighted by atomic mass is 9.96. The van der Waals surface area contributed by atoms with Gasteiger partial charge < -0.3 is 10.1 Å². The number of carbonyl (C=O) groups excluding carboxylic acids is 1. The molecule has 1 atom stereocenters. The number of fused-ring (bicyclic) bond motifs is 1. The van der Waals surface area contributed by atoms with Gasteiger partial charge in [-0.2, -0.15) is 0 Å². The fraction of sp³-hybridized carbons (Fsp3) is 0.500. The number of esters is 1. The summed E-state index contributed by atoms with van der Waals surface area (Å²) in [4.78, 5) is 11.8. The smallest absolute Gasteiger partial charge is 0.323 e. The van der Waals surface area contributed by atoms with Gasteiger partial charge in [-0.15, -0.1) is 0 Å². The maximum atomic E-state index is 11.8. The predicted molar refractivity (Wildman–Crippen MR) is 66.6 cm³/mol. The van der Waals surface area contributed by atoms with Gasteiger partial charge in [-0.1, -0.05) is 37.6 Å². The molecule has 1 aliphatic rings. The fourth-order valence-corrected chi connectivity index (χ4v) is 2.04. The summed E-state index contributed by atoms with van der Waals surface area (Å²) < 4.78 is 5.24. The van der Waals surface area contributed by atoms with E-state index < -0.39 is 0 Å². The van der Waals surface area contributed by atoms with Crippen LogP contribution in [0.1, 0.15) is 30.9 Å². The van der Waals surface area contributed by atoms with Gasteiger partial charge in [-0.3, -0.25) is 4.79 Å². The Hall–Kier alpha value is -1.35. The molecule has 92 valence electrons.